The molecule has 1 aliphatic rings. The Morgan fingerprint density at radius 2 is 2.29 bits per heavy atom. The van der Waals surface area contributed by atoms with Gasteiger partial charge >= 0.3 is 0 Å². The summed E-state index contributed by atoms with van der Waals surface area (Å²) < 4.78 is 5.29. The minimum absolute atomic E-state index is 0.124. The number of benzene rings is 1. The van der Waals surface area contributed by atoms with Crippen LogP contribution in [0, 0.1) is 6.92 Å². The van der Waals surface area contributed by atoms with E-state index in [0.29, 0.717) is 29.6 Å². The number of hydrogen-bond donors (Lipinski definition) is 2. The number of methoxy groups -OCH3 is 1. The average molecular weight is 291 g/mol. The molecule has 116 valence electrons. The molecule has 1 saturated heterocycles. The Bertz CT molecular complexity index is 516. The van der Waals surface area contributed by atoms with Crippen molar-refractivity contribution >= 4 is 11.6 Å². The van der Waals surface area contributed by atoms with Gasteiger partial charge in [-0.15, -0.1) is 0 Å². The molecule has 1 aliphatic heterocycles. The van der Waals surface area contributed by atoms with Crippen LogP contribution in [-0.2, 0) is 0 Å². The van der Waals surface area contributed by atoms with E-state index in [-0.39, 0.29) is 5.91 Å². The molecule has 5 heteroatoms. The maximum Gasteiger partial charge on any atom is 0.255 e. The number of nitrogens with two attached hydrogens (primary N) is 1. The number of hydrogen-bond acceptors (Lipinski definition) is 4. The van der Waals surface area contributed by atoms with Gasteiger partial charge in [-0.25, -0.2) is 0 Å². The van der Waals surface area contributed by atoms with Gasteiger partial charge in [0, 0.05) is 18.3 Å². The van der Waals surface area contributed by atoms with E-state index >= 15 is 0 Å². The molecule has 1 aromatic rings. The number of nitrogen functional groups attached to an aromatic ring is 1. The first-order chi connectivity index (χ1) is 10.1. The average Bonchev–Trinajstić information content (AvgIpc) is 2.94. The molecule has 1 heterocycles. The summed E-state index contributed by atoms with van der Waals surface area (Å²) in [6, 6.07) is 3.93. The fourth-order valence-electron chi connectivity index (χ4n) is 2.89. The number of rotatable bonds is 5. The van der Waals surface area contributed by atoms with Crippen molar-refractivity contribution in [1.82, 2.24) is 10.2 Å². The van der Waals surface area contributed by atoms with Crippen molar-refractivity contribution in [2.24, 2.45) is 0 Å². The van der Waals surface area contributed by atoms with Crippen LogP contribution in [0.1, 0.15) is 35.7 Å². The monoisotopic (exact) mass is 291 g/mol. The largest absolute Gasteiger partial charge is 0.496 e. The summed E-state index contributed by atoms with van der Waals surface area (Å²) in [5.74, 6) is 0.444. The van der Waals surface area contributed by atoms with Gasteiger partial charge in [-0.05, 0) is 50.6 Å². The van der Waals surface area contributed by atoms with Crippen molar-refractivity contribution < 1.29 is 9.53 Å². The Balaban J connectivity index is 2.05. The predicted molar refractivity (Wildman–Crippen MR) is 84.7 cm³/mol. The summed E-state index contributed by atoms with van der Waals surface area (Å²) in [6.45, 7) is 6.88. The first-order valence-corrected chi connectivity index (χ1v) is 7.53. The summed E-state index contributed by atoms with van der Waals surface area (Å²) in [5.41, 5.74) is 7.92. The molecule has 1 fully saturated rings. The normalized spacial score (nSPS) is 18.7. The molecular weight excluding hydrogens is 266 g/mol. The Kier molecular flexibility index (Phi) is 5.07. The minimum atomic E-state index is -0.124. The SMILES string of the molecule is CCN1CCCC1CNC(=O)c1cc(N)c(C)cc1OC. The van der Waals surface area contributed by atoms with Gasteiger partial charge in [-0.1, -0.05) is 6.92 Å². The summed E-state index contributed by atoms with van der Waals surface area (Å²) in [4.78, 5) is 14.8. The number of aryl methyl sites for hydroxylation is 1. The Morgan fingerprint density at radius 3 is 2.95 bits per heavy atom. The van der Waals surface area contributed by atoms with Gasteiger partial charge in [-0.2, -0.15) is 0 Å². The maximum atomic E-state index is 12.4. The van der Waals surface area contributed by atoms with Gasteiger partial charge in [0.1, 0.15) is 5.75 Å². The molecule has 21 heavy (non-hydrogen) atoms. The van der Waals surface area contributed by atoms with Crippen LogP contribution in [0.15, 0.2) is 12.1 Å². The lowest BCUT2D eigenvalue weighted by molar-refractivity contribution is 0.0938. The number of carbonyl (C=O) groups is 1. The van der Waals surface area contributed by atoms with Crippen LogP contribution in [0.4, 0.5) is 5.69 Å². The van der Waals surface area contributed by atoms with Gasteiger partial charge in [0.05, 0.1) is 12.7 Å². The molecule has 1 aromatic carbocycles. The van der Waals surface area contributed by atoms with E-state index in [1.54, 1.807) is 19.2 Å². The quantitative estimate of drug-likeness (QED) is 0.812. The molecule has 0 spiro atoms. The Morgan fingerprint density at radius 1 is 1.52 bits per heavy atom. The van der Waals surface area contributed by atoms with Gasteiger partial charge in [0.15, 0.2) is 0 Å². The van der Waals surface area contributed by atoms with Crippen molar-refractivity contribution in [3.8, 4) is 5.75 Å². The highest BCUT2D eigenvalue weighted by Gasteiger charge is 2.24. The van der Waals surface area contributed by atoms with Crippen molar-refractivity contribution in [3.05, 3.63) is 23.3 Å². The lowest BCUT2D eigenvalue weighted by Gasteiger charge is -2.23. The van der Waals surface area contributed by atoms with Crippen LogP contribution in [0.25, 0.3) is 0 Å². The third-order valence-electron chi connectivity index (χ3n) is 4.24. The third-order valence-corrected chi connectivity index (χ3v) is 4.24. The van der Waals surface area contributed by atoms with E-state index in [9.17, 15) is 4.79 Å². The maximum absolute atomic E-state index is 12.4. The van der Waals surface area contributed by atoms with Crippen LogP contribution < -0.4 is 15.8 Å². The Labute approximate surface area is 126 Å². The van der Waals surface area contributed by atoms with Crippen molar-refractivity contribution in [2.75, 3.05) is 32.5 Å². The van der Waals surface area contributed by atoms with Crippen LogP contribution in [0.3, 0.4) is 0 Å². The van der Waals surface area contributed by atoms with Crippen LogP contribution in [0.2, 0.25) is 0 Å². The molecule has 0 bridgehead atoms. The van der Waals surface area contributed by atoms with Crippen LogP contribution in [-0.4, -0.2) is 43.6 Å². The second-order valence-corrected chi connectivity index (χ2v) is 5.54. The number of likely N-dealkylation sites (tertiary alicyclic amines) is 1. The fourth-order valence-corrected chi connectivity index (χ4v) is 2.89. The third kappa shape index (κ3) is 3.47. The van der Waals surface area contributed by atoms with E-state index in [0.717, 1.165) is 25.1 Å². The zero-order valence-corrected chi connectivity index (χ0v) is 13.1. The van der Waals surface area contributed by atoms with Gasteiger partial charge < -0.3 is 15.8 Å². The predicted octanol–water partition coefficient (Wildman–Crippen LogP) is 1.80. The number of nitrogens with zero attached hydrogens (tertiary/aromatic N) is 1. The minimum Gasteiger partial charge on any atom is -0.496 e. The second kappa shape index (κ2) is 6.80. The molecule has 5 nitrogen and oxygen atoms in total. The zero-order valence-electron chi connectivity index (χ0n) is 13.1. The van der Waals surface area contributed by atoms with E-state index < -0.39 is 0 Å². The molecule has 1 unspecified atom stereocenters. The van der Waals surface area contributed by atoms with Gasteiger partial charge in [0.2, 0.25) is 0 Å². The smallest absolute Gasteiger partial charge is 0.255 e. The van der Waals surface area contributed by atoms with Crippen molar-refractivity contribution in [2.45, 2.75) is 32.7 Å². The first kappa shape index (κ1) is 15.6. The number of anilines is 1. The molecule has 2 rings (SSSR count). The zero-order chi connectivity index (χ0) is 15.4. The molecule has 0 aromatic heterocycles. The molecule has 0 aliphatic carbocycles. The second-order valence-electron chi connectivity index (χ2n) is 5.54. The molecular formula is C16H25N3O2. The summed E-state index contributed by atoms with van der Waals surface area (Å²) >= 11 is 0. The highest BCUT2D eigenvalue weighted by Crippen LogP contribution is 2.25. The van der Waals surface area contributed by atoms with E-state index in [2.05, 4.69) is 17.1 Å². The highest BCUT2D eigenvalue weighted by atomic mass is 16.5. The summed E-state index contributed by atoms with van der Waals surface area (Å²) in [7, 11) is 1.57. The first-order valence-electron chi connectivity index (χ1n) is 7.53. The number of likely N-dealkylation sites (N-methyl/N-ethyl adjacent to an activating group) is 1. The van der Waals surface area contributed by atoms with Gasteiger partial charge in [0.25, 0.3) is 5.91 Å². The fraction of sp³-hybridized carbons (Fsp3) is 0.562. The summed E-state index contributed by atoms with van der Waals surface area (Å²) in [6.07, 6.45) is 2.34. The highest BCUT2D eigenvalue weighted by molar-refractivity contribution is 5.98. The van der Waals surface area contributed by atoms with Crippen LogP contribution in [0.5, 0.6) is 5.75 Å². The number of ether oxygens (including phenoxy) is 1. The van der Waals surface area contributed by atoms with E-state index in [1.165, 1.54) is 6.42 Å². The standard InChI is InChI=1S/C16H25N3O2/c1-4-19-7-5-6-12(19)10-18-16(20)13-9-14(17)11(2)8-15(13)21-3/h8-9,12H,4-7,10,17H2,1-3H3,(H,18,20). The van der Waals surface area contributed by atoms with Crippen molar-refractivity contribution in [3.63, 3.8) is 0 Å². The van der Waals surface area contributed by atoms with Crippen LogP contribution >= 0.6 is 0 Å². The molecule has 0 saturated carbocycles. The van der Waals surface area contributed by atoms with Crippen molar-refractivity contribution in [1.29, 1.82) is 0 Å². The summed E-state index contributed by atoms with van der Waals surface area (Å²) in [5, 5.41) is 3.01. The molecule has 1 atom stereocenters. The van der Waals surface area contributed by atoms with E-state index in [4.69, 9.17) is 10.5 Å². The Hall–Kier alpha value is -1.75. The number of nitrogens with one attached hydrogen (secondary N) is 1. The molecule has 0 radical (unpaired) electrons. The van der Waals surface area contributed by atoms with Gasteiger partial charge in [-0.3, -0.25) is 9.69 Å². The molecule has 1 amide bonds. The lowest BCUT2D eigenvalue weighted by Crippen LogP contribution is -2.40. The number of carbonyl (C=O) groups excluding carboxylic acids is 1. The lowest BCUT2D eigenvalue weighted by atomic mass is 10.1. The number of amides is 1. The molecule has 3 N–H and O–H groups in total. The van der Waals surface area contributed by atoms with E-state index in [1.807, 2.05) is 6.92 Å². The topological polar surface area (TPSA) is 67.6 Å².